The molecule has 0 spiro atoms. The fraction of sp³-hybridized carbons (Fsp3) is 0.571. The Labute approximate surface area is 114 Å². The number of amides is 1. The van der Waals surface area contributed by atoms with Crippen molar-refractivity contribution in [2.75, 3.05) is 5.43 Å². The summed E-state index contributed by atoms with van der Waals surface area (Å²) in [7, 11) is 0. The molecule has 1 heterocycles. The van der Waals surface area contributed by atoms with Crippen molar-refractivity contribution < 1.29 is 4.79 Å². The standard InChI is InChI=1S/C14H22N4O/c1-9-3-4-11(7-10(9)2)17-14(19)13-8-12(18-15)5-6-16-13/h5-6,8-11H,3-4,7,15H2,1-2H3,(H,16,18)(H,17,19). The van der Waals surface area contributed by atoms with Crippen molar-refractivity contribution in [1.82, 2.24) is 10.3 Å². The van der Waals surface area contributed by atoms with Crippen LogP contribution in [0.3, 0.4) is 0 Å². The molecule has 1 saturated carbocycles. The Balaban J connectivity index is 1.97. The van der Waals surface area contributed by atoms with Crippen LogP contribution in [0.2, 0.25) is 0 Å². The average Bonchev–Trinajstić information content (AvgIpc) is 2.43. The summed E-state index contributed by atoms with van der Waals surface area (Å²) < 4.78 is 0. The highest BCUT2D eigenvalue weighted by molar-refractivity contribution is 5.93. The molecule has 0 radical (unpaired) electrons. The average molecular weight is 262 g/mol. The molecule has 3 atom stereocenters. The van der Waals surface area contributed by atoms with Crippen LogP contribution in [-0.4, -0.2) is 16.9 Å². The number of pyridine rings is 1. The molecule has 104 valence electrons. The number of hydrazine groups is 1. The second kappa shape index (κ2) is 6.02. The fourth-order valence-corrected chi connectivity index (χ4v) is 2.58. The Bertz CT molecular complexity index is 449. The van der Waals surface area contributed by atoms with Gasteiger partial charge in [-0.2, -0.15) is 0 Å². The number of aromatic nitrogens is 1. The Morgan fingerprint density at radius 3 is 2.84 bits per heavy atom. The number of nitrogens with one attached hydrogen (secondary N) is 2. The summed E-state index contributed by atoms with van der Waals surface area (Å²) in [5.74, 6) is 6.61. The summed E-state index contributed by atoms with van der Waals surface area (Å²) in [5.41, 5.74) is 3.61. The van der Waals surface area contributed by atoms with Crippen LogP contribution in [0, 0.1) is 11.8 Å². The van der Waals surface area contributed by atoms with E-state index in [0.29, 0.717) is 17.3 Å². The Morgan fingerprint density at radius 2 is 2.16 bits per heavy atom. The molecule has 0 aliphatic heterocycles. The van der Waals surface area contributed by atoms with Gasteiger partial charge in [0.15, 0.2) is 0 Å². The number of anilines is 1. The maximum Gasteiger partial charge on any atom is 0.270 e. The molecule has 1 aromatic rings. The smallest absolute Gasteiger partial charge is 0.270 e. The van der Waals surface area contributed by atoms with Crippen molar-refractivity contribution in [2.45, 2.75) is 39.2 Å². The van der Waals surface area contributed by atoms with E-state index in [0.717, 1.165) is 18.8 Å². The quantitative estimate of drug-likeness (QED) is 0.574. The molecule has 5 heteroatoms. The van der Waals surface area contributed by atoms with E-state index in [1.807, 2.05) is 0 Å². The van der Waals surface area contributed by atoms with Crippen LogP contribution in [0.5, 0.6) is 0 Å². The first-order valence-corrected chi connectivity index (χ1v) is 6.83. The van der Waals surface area contributed by atoms with Crippen LogP contribution in [0.25, 0.3) is 0 Å². The SMILES string of the molecule is CC1CCC(NC(=O)c2cc(NN)ccn2)CC1C. The van der Waals surface area contributed by atoms with Gasteiger partial charge in [0, 0.05) is 12.2 Å². The minimum atomic E-state index is -0.121. The molecule has 1 aromatic heterocycles. The van der Waals surface area contributed by atoms with Crippen molar-refractivity contribution in [2.24, 2.45) is 17.7 Å². The van der Waals surface area contributed by atoms with E-state index in [2.05, 4.69) is 29.6 Å². The third-order valence-electron chi connectivity index (χ3n) is 4.09. The van der Waals surface area contributed by atoms with Crippen molar-refractivity contribution in [3.05, 3.63) is 24.0 Å². The lowest BCUT2D eigenvalue weighted by molar-refractivity contribution is 0.0905. The Hall–Kier alpha value is -1.62. The van der Waals surface area contributed by atoms with Crippen LogP contribution in [-0.2, 0) is 0 Å². The number of nitrogens with zero attached hydrogens (tertiary/aromatic N) is 1. The molecule has 1 aliphatic rings. The summed E-state index contributed by atoms with van der Waals surface area (Å²) in [4.78, 5) is 16.2. The molecule has 4 N–H and O–H groups in total. The van der Waals surface area contributed by atoms with Gasteiger partial charge in [-0.25, -0.2) is 0 Å². The molecule has 1 aliphatic carbocycles. The van der Waals surface area contributed by atoms with E-state index < -0.39 is 0 Å². The van der Waals surface area contributed by atoms with Crippen molar-refractivity contribution >= 4 is 11.6 Å². The highest BCUT2D eigenvalue weighted by atomic mass is 16.1. The number of rotatable bonds is 3. The summed E-state index contributed by atoms with van der Waals surface area (Å²) >= 11 is 0. The molecular formula is C14H22N4O. The lowest BCUT2D eigenvalue weighted by atomic mass is 9.79. The van der Waals surface area contributed by atoms with Crippen molar-refractivity contribution in [1.29, 1.82) is 0 Å². The van der Waals surface area contributed by atoms with E-state index >= 15 is 0 Å². The van der Waals surface area contributed by atoms with Crippen LogP contribution in [0.4, 0.5) is 5.69 Å². The van der Waals surface area contributed by atoms with E-state index in [1.54, 1.807) is 18.3 Å². The Kier molecular flexibility index (Phi) is 4.37. The van der Waals surface area contributed by atoms with Gasteiger partial charge in [-0.1, -0.05) is 13.8 Å². The van der Waals surface area contributed by atoms with E-state index in [9.17, 15) is 4.79 Å². The molecule has 1 amide bonds. The van der Waals surface area contributed by atoms with Crippen molar-refractivity contribution in [3.63, 3.8) is 0 Å². The highest BCUT2D eigenvalue weighted by Crippen LogP contribution is 2.29. The molecule has 0 saturated heterocycles. The lowest BCUT2D eigenvalue weighted by Crippen LogP contribution is -2.40. The molecule has 0 aromatic carbocycles. The van der Waals surface area contributed by atoms with Gasteiger partial charge in [-0.3, -0.25) is 15.6 Å². The van der Waals surface area contributed by atoms with Gasteiger partial charge in [-0.15, -0.1) is 0 Å². The van der Waals surface area contributed by atoms with Gasteiger partial charge in [0.2, 0.25) is 0 Å². The molecule has 0 bridgehead atoms. The first-order valence-electron chi connectivity index (χ1n) is 6.83. The zero-order valence-corrected chi connectivity index (χ0v) is 11.5. The third-order valence-corrected chi connectivity index (χ3v) is 4.09. The molecule has 19 heavy (non-hydrogen) atoms. The first-order chi connectivity index (χ1) is 9.10. The van der Waals surface area contributed by atoms with E-state index in [1.165, 1.54) is 6.42 Å². The minimum Gasteiger partial charge on any atom is -0.348 e. The number of carbonyl (C=O) groups is 1. The summed E-state index contributed by atoms with van der Waals surface area (Å²) in [6, 6.07) is 3.64. The predicted octanol–water partition coefficient (Wildman–Crippen LogP) is 1.92. The largest absolute Gasteiger partial charge is 0.348 e. The fourth-order valence-electron chi connectivity index (χ4n) is 2.58. The van der Waals surface area contributed by atoms with E-state index in [-0.39, 0.29) is 11.9 Å². The molecular weight excluding hydrogens is 240 g/mol. The number of nitrogen functional groups attached to an aromatic ring is 1. The summed E-state index contributed by atoms with van der Waals surface area (Å²) in [6.45, 7) is 4.53. The maximum atomic E-state index is 12.1. The van der Waals surface area contributed by atoms with Gasteiger partial charge >= 0.3 is 0 Å². The van der Waals surface area contributed by atoms with Gasteiger partial charge in [0.05, 0.1) is 5.69 Å². The van der Waals surface area contributed by atoms with Gasteiger partial charge in [0.25, 0.3) is 5.91 Å². The number of nitrogens with two attached hydrogens (primary N) is 1. The van der Waals surface area contributed by atoms with Crippen LogP contribution >= 0.6 is 0 Å². The molecule has 2 rings (SSSR count). The van der Waals surface area contributed by atoms with Gasteiger partial charge in [-0.05, 0) is 43.2 Å². The predicted molar refractivity (Wildman–Crippen MR) is 75.5 cm³/mol. The second-order valence-electron chi connectivity index (χ2n) is 5.51. The number of hydrogen-bond acceptors (Lipinski definition) is 4. The zero-order valence-electron chi connectivity index (χ0n) is 11.5. The topological polar surface area (TPSA) is 80.0 Å². The van der Waals surface area contributed by atoms with Crippen LogP contribution in [0.1, 0.15) is 43.6 Å². The van der Waals surface area contributed by atoms with E-state index in [4.69, 9.17) is 5.84 Å². The number of hydrogen-bond donors (Lipinski definition) is 3. The molecule has 3 unspecified atom stereocenters. The lowest BCUT2D eigenvalue weighted by Gasteiger charge is -2.32. The molecule has 5 nitrogen and oxygen atoms in total. The molecule has 1 fully saturated rings. The van der Waals surface area contributed by atoms with Gasteiger partial charge < -0.3 is 10.7 Å². The van der Waals surface area contributed by atoms with Crippen LogP contribution < -0.4 is 16.6 Å². The zero-order chi connectivity index (χ0) is 13.8. The summed E-state index contributed by atoms with van der Waals surface area (Å²) in [5, 5.41) is 3.07. The first kappa shape index (κ1) is 13.8. The second-order valence-corrected chi connectivity index (χ2v) is 5.51. The van der Waals surface area contributed by atoms with Crippen molar-refractivity contribution in [3.8, 4) is 0 Å². The Morgan fingerprint density at radius 1 is 1.37 bits per heavy atom. The third kappa shape index (κ3) is 3.44. The van der Waals surface area contributed by atoms with Crippen LogP contribution in [0.15, 0.2) is 18.3 Å². The highest BCUT2D eigenvalue weighted by Gasteiger charge is 2.26. The minimum absolute atomic E-state index is 0.121. The van der Waals surface area contributed by atoms with Gasteiger partial charge in [0.1, 0.15) is 5.69 Å². The number of carbonyl (C=O) groups excluding carboxylic acids is 1. The maximum absolute atomic E-state index is 12.1. The summed E-state index contributed by atoms with van der Waals surface area (Å²) in [6.07, 6.45) is 4.84. The normalized spacial score (nSPS) is 26.8. The monoisotopic (exact) mass is 262 g/mol.